The number of hydrogen-bond donors (Lipinski definition) is 2. The average Bonchev–Trinajstić information content (AvgIpc) is 3.08. The highest BCUT2D eigenvalue weighted by Crippen LogP contribution is 2.17. The maximum atomic E-state index is 12.1. The summed E-state index contributed by atoms with van der Waals surface area (Å²) in [7, 11) is 0. The summed E-state index contributed by atoms with van der Waals surface area (Å²) in [6.45, 7) is 0.587. The number of amides is 2. The quantitative estimate of drug-likeness (QED) is 0.878. The first-order valence-corrected chi connectivity index (χ1v) is 7.82. The Morgan fingerprint density at radius 2 is 2.00 bits per heavy atom. The van der Waals surface area contributed by atoms with Gasteiger partial charge in [-0.3, -0.25) is 9.59 Å². The lowest BCUT2D eigenvalue weighted by Crippen LogP contribution is -2.49. The maximum absolute atomic E-state index is 12.1. The fourth-order valence-electron chi connectivity index (χ4n) is 2.87. The Kier molecular flexibility index (Phi) is 4.57. The summed E-state index contributed by atoms with van der Waals surface area (Å²) < 4.78 is 5.34. The Morgan fingerprint density at radius 3 is 2.70 bits per heavy atom. The summed E-state index contributed by atoms with van der Waals surface area (Å²) in [5.74, 6) is -0.795. The fraction of sp³-hybridized carbons (Fsp3) is 0.333. The van der Waals surface area contributed by atoms with Gasteiger partial charge in [-0.2, -0.15) is 0 Å². The molecule has 2 aromatic carbocycles. The van der Waals surface area contributed by atoms with E-state index in [9.17, 15) is 9.59 Å². The third kappa shape index (κ3) is 3.68. The number of fused-ring (bicyclic) bond motifs is 1. The predicted octanol–water partition coefficient (Wildman–Crippen LogP) is 1.53. The maximum Gasteiger partial charge on any atom is 0.249 e. The molecule has 0 saturated carbocycles. The number of carbonyl (C=O) groups excluding carboxylic acids is 2. The molecule has 0 spiro atoms. The van der Waals surface area contributed by atoms with Crippen LogP contribution in [-0.4, -0.2) is 30.6 Å². The van der Waals surface area contributed by atoms with E-state index in [0.717, 1.165) is 22.8 Å². The Hall–Kier alpha value is -2.40. The van der Waals surface area contributed by atoms with Crippen LogP contribution in [0.1, 0.15) is 18.4 Å². The molecule has 1 heterocycles. The molecule has 1 fully saturated rings. The number of nitrogens with one attached hydrogen (secondary N) is 1. The smallest absolute Gasteiger partial charge is 0.249 e. The molecule has 2 amide bonds. The van der Waals surface area contributed by atoms with E-state index in [-0.39, 0.29) is 5.91 Å². The van der Waals surface area contributed by atoms with Gasteiger partial charge in [-0.15, -0.1) is 0 Å². The van der Waals surface area contributed by atoms with E-state index in [1.807, 2.05) is 42.5 Å². The van der Waals surface area contributed by atoms with Crippen LogP contribution in [0, 0.1) is 0 Å². The molecule has 1 aliphatic heterocycles. The highest BCUT2D eigenvalue weighted by atomic mass is 16.5. The van der Waals surface area contributed by atoms with Crippen molar-refractivity contribution in [2.24, 2.45) is 5.73 Å². The van der Waals surface area contributed by atoms with Gasteiger partial charge < -0.3 is 15.8 Å². The lowest BCUT2D eigenvalue weighted by atomic mass is 10.0. The normalized spacial score (nSPS) is 18.7. The molecule has 5 nitrogen and oxygen atoms in total. The van der Waals surface area contributed by atoms with Gasteiger partial charge in [0.1, 0.15) is 12.1 Å². The summed E-state index contributed by atoms with van der Waals surface area (Å²) in [5, 5.41) is 4.95. The molecular formula is C18H20N2O3. The number of hydrogen-bond acceptors (Lipinski definition) is 3. The van der Waals surface area contributed by atoms with Crippen molar-refractivity contribution >= 4 is 22.6 Å². The highest BCUT2D eigenvalue weighted by Gasteiger charge is 2.27. The minimum absolute atomic E-state index is 0.257. The van der Waals surface area contributed by atoms with Gasteiger partial charge in [-0.25, -0.2) is 0 Å². The van der Waals surface area contributed by atoms with Crippen LogP contribution in [0.15, 0.2) is 42.5 Å². The molecule has 0 bridgehead atoms. The second kappa shape index (κ2) is 6.79. The van der Waals surface area contributed by atoms with Crippen molar-refractivity contribution in [3.63, 3.8) is 0 Å². The van der Waals surface area contributed by atoms with Gasteiger partial charge in [-0.1, -0.05) is 42.5 Å². The van der Waals surface area contributed by atoms with E-state index in [1.54, 1.807) is 0 Å². The van der Waals surface area contributed by atoms with Gasteiger partial charge in [-0.05, 0) is 29.2 Å². The molecule has 1 saturated heterocycles. The Labute approximate surface area is 134 Å². The van der Waals surface area contributed by atoms with Crippen LogP contribution in [-0.2, 0) is 20.7 Å². The highest BCUT2D eigenvalue weighted by molar-refractivity contribution is 5.89. The SMILES string of the molecule is NC(=O)[C@@H](Cc1ccc2ccccc2c1)NC(=O)[C@H]1CCCO1. The number of benzene rings is 2. The number of carbonyl (C=O) groups is 2. The molecule has 1 aliphatic rings. The third-order valence-corrected chi connectivity index (χ3v) is 4.14. The van der Waals surface area contributed by atoms with Crippen molar-refractivity contribution in [2.75, 3.05) is 6.61 Å². The second-order valence-electron chi connectivity index (χ2n) is 5.85. The summed E-state index contributed by atoms with van der Waals surface area (Å²) in [4.78, 5) is 23.8. The van der Waals surface area contributed by atoms with Gasteiger partial charge in [0.15, 0.2) is 0 Å². The van der Waals surface area contributed by atoms with Crippen LogP contribution < -0.4 is 11.1 Å². The largest absolute Gasteiger partial charge is 0.368 e. The second-order valence-corrected chi connectivity index (χ2v) is 5.85. The zero-order chi connectivity index (χ0) is 16.2. The summed E-state index contributed by atoms with van der Waals surface area (Å²) in [5.41, 5.74) is 6.41. The summed E-state index contributed by atoms with van der Waals surface area (Å²) >= 11 is 0. The van der Waals surface area contributed by atoms with Gasteiger partial charge in [0.05, 0.1) is 0 Å². The zero-order valence-electron chi connectivity index (χ0n) is 12.8. The summed E-state index contributed by atoms with van der Waals surface area (Å²) in [6.07, 6.45) is 1.46. The first-order valence-electron chi connectivity index (χ1n) is 7.82. The van der Waals surface area contributed by atoms with Gasteiger partial charge in [0.25, 0.3) is 0 Å². The molecular weight excluding hydrogens is 292 g/mol. The van der Waals surface area contributed by atoms with Gasteiger partial charge in [0.2, 0.25) is 11.8 Å². The lowest BCUT2D eigenvalue weighted by Gasteiger charge is -2.18. The molecule has 120 valence electrons. The van der Waals surface area contributed by atoms with Crippen LogP contribution in [0.25, 0.3) is 10.8 Å². The number of nitrogens with two attached hydrogens (primary N) is 1. The lowest BCUT2D eigenvalue weighted by molar-refractivity contribution is -0.133. The molecule has 0 radical (unpaired) electrons. The molecule has 0 aromatic heterocycles. The van der Waals surface area contributed by atoms with Crippen LogP contribution in [0.3, 0.4) is 0 Å². The zero-order valence-corrected chi connectivity index (χ0v) is 12.8. The van der Waals surface area contributed by atoms with Crippen molar-refractivity contribution in [2.45, 2.75) is 31.4 Å². The van der Waals surface area contributed by atoms with E-state index in [1.165, 1.54) is 0 Å². The first kappa shape index (κ1) is 15.5. The van der Waals surface area contributed by atoms with Gasteiger partial charge in [0, 0.05) is 13.0 Å². The van der Waals surface area contributed by atoms with Crippen LogP contribution in [0.5, 0.6) is 0 Å². The predicted molar refractivity (Wildman–Crippen MR) is 87.8 cm³/mol. The number of primary amides is 1. The van der Waals surface area contributed by atoms with E-state index in [4.69, 9.17) is 10.5 Å². The Bertz CT molecular complexity index is 723. The van der Waals surface area contributed by atoms with E-state index >= 15 is 0 Å². The van der Waals surface area contributed by atoms with Crippen LogP contribution in [0.4, 0.5) is 0 Å². The van der Waals surface area contributed by atoms with Crippen LogP contribution in [0.2, 0.25) is 0 Å². The van der Waals surface area contributed by atoms with Crippen molar-refractivity contribution in [3.8, 4) is 0 Å². The Balaban J connectivity index is 1.72. The minimum atomic E-state index is -0.729. The monoisotopic (exact) mass is 312 g/mol. The number of ether oxygens (including phenoxy) is 1. The van der Waals surface area contributed by atoms with Crippen molar-refractivity contribution in [1.29, 1.82) is 0 Å². The minimum Gasteiger partial charge on any atom is -0.368 e. The van der Waals surface area contributed by atoms with Crippen molar-refractivity contribution in [3.05, 3.63) is 48.0 Å². The van der Waals surface area contributed by atoms with E-state index < -0.39 is 18.1 Å². The molecule has 0 aliphatic carbocycles. The van der Waals surface area contributed by atoms with Crippen molar-refractivity contribution in [1.82, 2.24) is 5.32 Å². The van der Waals surface area contributed by atoms with E-state index in [0.29, 0.717) is 19.4 Å². The van der Waals surface area contributed by atoms with Crippen LogP contribution >= 0.6 is 0 Å². The van der Waals surface area contributed by atoms with Gasteiger partial charge >= 0.3 is 0 Å². The topological polar surface area (TPSA) is 81.4 Å². The molecule has 23 heavy (non-hydrogen) atoms. The van der Waals surface area contributed by atoms with Crippen molar-refractivity contribution < 1.29 is 14.3 Å². The molecule has 3 N–H and O–H groups in total. The molecule has 3 rings (SSSR count). The average molecular weight is 312 g/mol. The molecule has 5 heteroatoms. The molecule has 2 aromatic rings. The molecule has 2 atom stereocenters. The fourth-order valence-corrected chi connectivity index (χ4v) is 2.87. The third-order valence-electron chi connectivity index (χ3n) is 4.14. The Morgan fingerprint density at radius 1 is 1.22 bits per heavy atom. The molecule has 0 unspecified atom stereocenters. The van der Waals surface area contributed by atoms with E-state index in [2.05, 4.69) is 5.32 Å². The first-order chi connectivity index (χ1) is 11.1. The number of rotatable bonds is 5. The summed E-state index contributed by atoms with van der Waals surface area (Å²) in [6, 6.07) is 13.2. The standard InChI is InChI=1S/C18H20N2O3/c19-17(21)15(20-18(22)16-6-3-9-23-16)11-12-7-8-13-4-1-2-5-14(13)10-12/h1-2,4-5,7-8,10,15-16H,3,6,9,11H2,(H2,19,21)(H,20,22)/t15-,16-/m1/s1.